The minimum absolute atomic E-state index is 0.0843. The van der Waals surface area contributed by atoms with Gasteiger partial charge in [-0.25, -0.2) is 4.79 Å². The lowest BCUT2D eigenvalue weighted by Crippen LogP contribution is -2.50. The van der Waals surface area contributed by atoms with Gasteiger partial charge in [-0.05, 0) is 61.4 Å². The zero-order valence-corrected chi connectivity index (χ0v) is 17.4. The van der Waals surface area contributed by atoms with Crippen LogP contribution in [0, 0.1) is 0 Å². The van der Waals surface area contributed by atoms with E-state index in [9.17, 15) is 4.79 Å². The van der Waals surface area contributed by atoms with E-state index in [4.69, 9.17) is 4.74 Å². The van der Waals surface area contributed by atoms with Gasteiger partial charge in [-0.15, -0.1) is 0 Å². The number of carbonyl (C=O) groups is 1. The van der Waals surface area contributed by atoms with Crippen LogP contribution in [0.25, 0.3) is 0 Å². The first-order valence-corrected chi connectivity index (χ1v) is 10.7. The average molecular weight is 394 g/mol. The summed E-state index contributed by atoms with van der Waals surface area (Å²) in [7, 11) is 1.70. The van der Waals surface area contributed by atoms with Crippen molar-refractivity contribution < 1.29 is 9.53 Å². The molecule has 1 unspecified atom stereocenters. The molecule has 2 N–H and O–H groups in total. The molecule has 2 aliphatic rings. The quantitative estimate of drug-likeness (QED) is 0.756. The third-order valence-electron chi connectivity index (χ3n) is 6.39. The Labute approximate surface area is 173 Å². The lowest BCUT2D eigenvalue weighted by molar-refractivity contribution is 0.112. The number of nitrogens with one attached hydrogen (secondary N) is 2. The molecule has 29 heavy (non-hydrogen) atoms. The summed E-state index contributed by atoms with van der Waals surface area (Å²) >= 11 is 0. The van der Waals surface area contributed by atoms with E-state index >= 15 is 0 Å². The number of rotatable bonds is 6. The van der Waals surface area contributed by atoms with E-state index in [-0.39, 0.29) is 12.1 Å². The van der Waals surface area contributed by atoms with E-state index < -0.39 is 0 Å². The molecule has 2 aromatic rings. The van der Waals surface area contributed by atoms with Gasteiger partial charge in [0.15, 0.2) is 0 Å². The number of anilines is 1. The van der Waals surface area contributed by atoms with Crippen molar-refractivity contribution in [3.63, 3.8) is 0 Å². The number of hydrogen-bond donors (Lipinski definition) is 2. The summed E-state index contributed by atoms with van der Waals surface area (Å²) in [5.41, 5.74) is 3.40. The molecule has 2 fully saturated rings. The first kappa shape index (κ1) is 19.8. The van der Waals surface area contributed by atoms with E-state index in [0.717, 1.165) is 42.8 Å². The van der Waals surface area contributed by atoms with Crippen LogP contribution < -0.4 is 15.4 Å². The van der Waals surface area contributed by atoms with Crippen molar-refractivity contribution in [1.82, 2.24) is 10.2 Å². The molecule has 5 nitrogen and oxygen atoms in total. The molecule has 2 heterocycles. The molecule has 3 atom stereocenters. The first-order chi connectivity index (χ1) is 14.2. The number of hydrogen-bond acceptors (Lipinski definition) is 3. The largest absolute Gasteiger partial charge is 0.497 e. The summed E-state index contributed by atoms with van der Waals surface area (Å²) in [6.45, 7) is 3.08. The number of methoxy groups -OCH3 is 1. The highest BCUT2D eigenvalue weighted by atomic mass is 16.5. The second-order valence-electron chi connectivity index (χ2n) is 8.18. The van der Waals surface area contributed by atoms with E-state index in [2.05, 4.69) is 40.7 Å². The Kier molecular flexibility index (Phi) is 6.05. The van der Waals surface area contributed by atoms with Gasteiger partial charge < -0.3 is 15.4 Å². The van der Waals surface area contributed by atoms with Crippen molar-refractivity contribution in [2.75, 3.05) is 12.4 Å². The number of fused-ring (bicyclic) bond motifs is 2. The highest BCUT2D eigenvalue weighted by molar-refractivity contribution is 5.90. The zero-order valence-electron chi connectivity index (χ0n) is 17.4. The minimum atomic E-state index is -0.0843. The van der Waals surface area contributed by atoms with Crippen LogP contribution in [0.15, 0.2) is 48.5 Å². The fraction of sp³-hybridized carbons (Fsp3) is 0.458. The third kappa shape index (κ3) is 4.56. The molecule has 154 valence electrons. The topological polar surface area (TPSA) is 53.6 Å². The Morgan fingerprint density at radius 2 is 1.76 bits per heavy atom. The predicted molar refractivity (Wildman–Crippen MR) is 116 cm³/mol. The van der Waals surface area contributed by atoms with Gasteiger partial charge in [-0.2, -0.15) is 0 Å². The molecule has 0 spiro atoms. The summed E-state index contributed by atoms with van der Waals surface area (Å²) < 4.78 is 5.26. The van der Waals surface area contributed by atoms with Crippen molar-refractivity contribution >= 4 is 11.7 Å². The molecular weight excluding hydrogens is 362 g/mol. The summed E-state index contributed by atoms with van der Waals surface area (Å²) in [5, 5.41) is 6.27. The van der Waals surface area contributed by atoms with Crippen molar-refractivity contribution in [3.05, 3.63) is 59.7 Å². The van der Waals surface area contributed by atoms with Crippen LogP contribution in [-0.4, -0.2) is 36.2 Å². The van der Waals surface area contributed by atoms with Crippen molar-refractivity contribution in [2.45, 2.75) is 63.7 Å². The predicted octanol–water partition coefficient (Wildman–Crippen LogP) is 4.57. The summed E-state index contributed by atoms with van der Waals surface area (Å²) in [4.78, 5) is 15.2. The zero-order chi connectivity index (χ0) is 20.2. The number of carbonyl (C=O) groups excluding carboxylic acids is 1. The third-order valence-corrected chi connectivity index (χ3v) is 6.39. The van der Waals surface area contributed by atoms with Crippen molar-refractivity contribution in [2.24, 2.45) is 0 Å². The Bertz CT molecular complexity index is 822. The van der Waals surface area contributed by atoms with Gasteiger partial charge in [0.05, 0.1) is 7.11 Å². The second-order valence-corrected chi connectivity index (χ2v) is 8.18. The lowest BCUT2D eigenvalue weighted by Gasteiger charge is -2.39. The van der Waals surface area contributed by atoms with Crippen LogP contribution in [0.3, 0.4) is 0 Å². The van der Waals surface area contributed by atoms with Crippen molar-refractivity contribution in [3.8, 4) is 5.75 Å². The molecule has 0 radical (unpaired) electrons. The van der Waals surface area contributed by atoms with Crippen LogP contribution >= 0.6 is 0 Å². The maximum atomic E-state index is 12.6. The highest BCUT2D eigenvalue weighted by Crippen LogP contribution is 2.37. The molecule has 2 amide bonds. The number of amides is 2. The molecule has 2 aliphatic heterocycles. The molecule has 4 rings (SSSR count). The van der Waals surface area contributed by atoms with E-state index in [1.807, 2.05) is 30.3 Å². The van der Waals surface area contributed by atoms with Crippen LogP contribution in [0.1, 0.15) is 43.7 Å². The summed E-state index contributed by atoms with van der Waals surface area (Å²) in [6, 6.07) is 17.6. The smallest absolute Gasteiger partial charge is 0.319 e. The second kappa shape index (κ2) is 8.87. The van der Waals surface area contributed by atoms with Crippen LogP contribution in [0.4, 0.5) is 10.5 Å². The number of nitrogens with zero attached hydrogens (tertiary/aromatic N) is 1. The van der Waals surface area contributed by atoms with Crippen LogP contribution in [0.5, 0.6) is 5.75 Å². The number of piperidine rings is 1. The average Bonchev–Trinajstić information content (AvgIpc) is 2.96. The lowest BCUT2D eigenvalue weighted by atomic mass is 9.96. The normalized spacial score (nSPS) is 23.6. The molecule has 2 aromatic carbocycles. The van der Waals surface area contributed by atoms with Gasteiger partial charge in [0.1, 0.15) is 5.75 Å². The molecular formula is C24H31N3O2. The van der Waals surface area contributed by atoms with Gasteiger partial charge in [0, 0.05) is 30.4 Å². The molecule has 0 aliphatic carbocycles. The standard InChI is InChI=1S/C24H31N3O2/c1-3-18-6-4-5-7-23(18)26-24(28)25-19-14-20-10-11-21(15-19)27(20)16-17-8-12-22(29-2)13-9-17/h4-9,12-13,19-21H,3,10-11,14-16H2,1-2H3,(H2,25,26,28)/t19?,20-,21+. The van der Waals surface area contributed by atoms with Gasteiger partial charge in [0.25, 0.3) is 0 Å². The maximum absolute atomic E-state index is 12.6. The fourth-order valence-corrected chi connectivity index (χ4v) is 4.89. The van der Waals surface area contributed by atoms with E-state index in [0.29, 0.717) is 12.1 Å². The Morgan fingerprint density at radius 1 is 1.07 bits per heavy atom. The summed E-state index contributed by atoms with van der Waals surface area (Å²) in [5.74, 6) is 0.898. The molecule has 0 aromatic heterocycles. The molecule has 5 heteroatoms. The Balaban J connectivity index is 1.33. The fourth-order valence-electron chi connectivity index (χ4n) is 4.89. The first-order valence-electron chi connectivity index (χ1n) is 10.7. The van der Waals surface area contributed by atoms with Gasteiger partial charge >= 0.3 is 6.03 Å². The van der Waals surface area contributed by atoms with Gasteiger partial charge in [0.2, 0.25) is 0 Å². The molecule has 2 bridgehead atoms. The van der Waals surface area contributed by atoms with E-state index in [1.165, 1.54) is 18.4 Å². The van der Waals surface area contributed by atoms with E-state index in [1.54, 1.807) is 7.11 Å². The minimum Gasteiger partial charge on any atom is -0.497 e. The van der Waals surface area contributed by atoms with Crippen LogP contribution in [-0.2, 0) is 13.0 Å². The maximum Gasteiger partial charge on any atom is 0.319 e. The van der Waals surface area contributed by atoms with Gasteiger partial charge in [-0.1, -0.05) is 37.3 Å². The molecule has 2 saturated heterocycles. The number of para-hydroxylation sites is 1. The Morgan fingerprint density at radius 3 is 2.41 bits per heavy atom. The number of aryl methyl sites for hydroxylation is 1. The van der Waals surface area contributed by atoms with Crippen molar-refractivity contribution in [1.29, 1.82) is 0 Å². The SMILES string of the molecule is CCc1ccccc1NC(=O)NC1C[C@H]2CC[C@@H](C1)N2Cc1ccc(OC)cc1. The number of urea groups is 1. The summed E-state index contributed by atoms with van der Waals surface area (Å²) in [6.07, 6.45) is 5.40. The van der Waals surface area contributed by atoms with Crippen LogP contribution in [0.2, 0.25) is 0 Å². The monoisotopic (exact) mass is 393 g/mol. The molecule has 0 saturated carbocycles. The highest BCUT2D eigenvalue weighted by Gasteiger charge is 2.40. The van der Waals surface area contributed by atoms with Gasteiger partial charge in [-0.3, -0.25) is 4.90 Å². The Hall–Kier alpha value is -2.53. The number of ether oxygens (including phenoxy) is 1. The number of benzene rings is 2.